The molecule has 1 aliphatic carbocycles. The quantitative estimate of drug-likeness (QED) is 0.583. The van der Waals surface area contributed by atoms with Crippen molar-refractivity contribution in [1.29, 1.82) is 0 Å². The predicted octanol–water partition coefficient (Wildman–Crippen LogP) is 4.55. The molecule has 0 radical (unpaired) electrons. The van der Waals surface area contributed by atoms with Crippen molar-refractivity contribution in [2.24, 2.45) is 11.1 Å². The average molecular weight is 283 g/mol. The van der Waals surface area contributed by atoms with Crippen LogP contribution in [0.15, 0.2) is 59.8 Å². The molecule has 1 saturated carbocycles. The van der Waals surface area contributed by atoms with Crippen molar-refractivity contribution in [3.05, 3.63) is 71.5 Å². The summed E-state index contributed by atoms with van der Waals surface area (Å²) >= 11 is 0. The zero-order valence-corrected chi connectivity index (χ0v) is 11.8. The third-order valence-electron chi connectivity index (χ3n) is 3.87. The predicted molar refractivity (Wildman–Crippen MR) is 81.5 cm³/mol. The van der Waals surface area contributed by atoms with Crippen molar-refractivity contribution in [2.75, 3.05) is 0 Å². The van der Waals surface area contributed by atoms with Crippen LogP contribution < -0.4 is 0 Å². The van der Waals surface area contributed by atoms with E-state index < -0.39 is 0 Å². The van der Waals surface area contributed by atoms with E-state index >= 15 is 0 Å². The molecule has 0 spiro atoms. The zero-order chi connectivity index (χ0) is 14.5. The Kier molecular flexibility index (Phi) is 4.29. The largest absolute Gasteiger partial charge is 0.391 e. The fourth-order valence-electron chi connectivity index (χ4n) is 2.42. The highest BCUT2D eigenvalue weighted by atomic mass is 19.1. The van der Waals surface area contributed by atoms with Gasteiger partial charge in [-0.2, -0.15) is 0 Å². The van der Waals surface area contributed by atoms with Gasteiger partial charge < -0.3 is 4.84 Å². The molecule has 1 aliphatic rings. The highest BCUT2D eigenvalue weighted by Crippen LogP contribution is 2.30. The van der Waals surface area contributed by atoms with Gasteiger partial charge in [0, 0.05) is 5.92 Å². The van der Waals surface area contributed by atoms with Crippen LogP contribution in [0.1, 0.15) is 30.4 Å². The first-order chi connectivity index (χ1) is 10.3. The second-order valence-electron chi connectivity index (χ2n) is 5.37. The van der Waals surface area contributed by atoms with Gasteiger partial charge >= 0.3 is 0 Å². The monoisotopic (exact) mass is 283 g/mol. The number of nitrogens with zero attached hydrogens (tertiary/aromatic N) is 1. The Balaban J connectivity index is 1.72. The van der Waals surface area contributed by atoms with Gasteiger partial charge in [0.05, 0.1) is 5.71 Å². The van der Waals surface area contributed by atoms with E-state index in [4.69, 9.17) is 4.84 Å². The molecule has 0 atom stereocenters. The minimum Gasteiger partial charge on any atom is -0.391 e. The van der Waals surface area contributed by atoms with Crippen LogP contribution in [-0.4, -0.2) is 5.71 Å². The van der Waals surface area contributed by atoms with Crippen LogP contribution in [0.3, 0.4) is 0 Å². The van der Waals surface area contributed by atoms with Gasteiger partial charge in [-0.15, -0.1) is 0 Å². The fourth-order valence-corrected chi connectivity index (χ4v) is 2.42. The normalized spacial score (nSPS) is 15.6. The van der Waals surface area contributed by atoms with Gasteiger partial charge in [0.15, 0.2) is 0 Å². The molecule has 3 heteroatoms. The van der Waals surface area contributed by atoms with Crippen molar-refractivity contribution in [3.63, 3.8) is 0 Å². The first-order valence-corrected chi connectivity index (χ1v) is 7.32. The van der Waals surface area contributed by atoms with E-state index in [9.17, 15) is 4.39 Å². The summed E-state index contributed by atoms with van der Waals surface area (Å²) in [6, 6.07) is 16.5. The summed E-state index contributed by atoms with van der Waals surface area (Å²) in [6.07, 6.45) is 3.49. The van der Waals surface area contributed by atoms with Crippen LogP contribution in [0.25, 0.3) is 0 Å². The third-order valence-corrected chi connectivity index (χ3v) is 3.87. The Bertz CT molecular complexity index is 603. The maximum Gasteiger partial charge on any atom is 0.142 e. The SMILES string of the molecule is Fc1ccc(C(=NOCc2ccccc2)C2CCC2)cc1. The minimum atomic E-state index is -0.225. The lowest BCUT2D eigenvalue weighted by Gasteiger charge is -2.26. The molecule has 0 heterocycles. The topological polar surface area (TPSA) is 21.6 Å². The van der Waals surface area contributed by atoms with E-state index in [0.717, 1.165) is 29.7 Å². The first kappa shape index (κ1) is 13.8. The summed E-state index contributed by atoms with van der Waals surface area (Å²) in [6.45, 7) is 0.457. The smallest absolute Gasteiger partial charge is 0.142 e. The van der Waals surface area contributed by atoms with Crippen LogP contribution in [-0.2, 0) is 11.4 Å². The standard InChI is InChI=1S/C18H18FNO/c19-17-11-9-16(10-12-17)18(15-7-4-8-15)20-21-13-14-5-2-1-3-6-14/h1-3,5-6,9-12,15H,4,7-8,13H2. The molecule has 0 amide bonds. The van der Waals surface area contributed by atoms with E-state index in [1.54, 1.807) is 12.1 Å². The van der Waals surface area contributed by atoms with E-state index in [-0.39, 0.29) is 5.82 Å². The zero-order valence-electron chi connectivity index (χ0n) is 11.8. The Labute approximate surface area is 124 Å². The van der Waals surface area contributed by atoms with Gasteiger partial charge in [-0.05, 0) is 36.1 Å². The van der Waals surface area contributed by atoms with Crippen molar-refractivity contribution in [1.82, 2.24) is 0 Å². The molecular formula is C18H18FNO. The highest BCUT2D eigenvalue weighted by molar-refractivity contribution is 6.02. The summed E-state index contributed by atoms with van der Waals surface area (Å²) in [5.41, 5.74) is 2.99. The number of benzene rings is 2. The molecule has 2 nitrogen and oxygen atoms in total. The summed E-state index contributed by atoms with van der Waals surface area (Å²) in [7, 11) is 0. The van der Waals surface area contributed by atoms with Crippen LogP contribution in [0.2, 0.25) is 0 Å². The van der Waals surface area contributed by atoms with E-state index in [2.05, 4.69) is 5.16 Å². The van der Waals surface area contributed by atoms with E-state index in [1.165, 1.54) is 18.6 Å². The lowest BCUT2D eigenvalue weighted by atomic mass is 9.79. The number of halogens is 1. The Morgan fingerprint density at radius 3 is 2.38 bits per heavy atom. The maximum absolute atomic E-state index is 13.0. The molecule has 1 fully saturated rings. The third kappa shape index (κ3) is 3.48. The summed E-state index contributed by atoms with van der Waals surface area (Å²) < 4.78 is 13.0. The van der Waals surface area contributed by atoms with Crippen LogP contribution in [0.5, 0.6) is 0 Å². The van der Waals surface area contributed by atoms with E-state index in [1.807, 2.05) is 30.3 Å². The van der Waals surface area contributed by atoms with Gasteiger partial charge in [-0.25, -0.2) is 4.39 Å². The molecule has 0 bridgehead atoms. The number of hydrogen-bond acceptors (Lipinski definition) is 2. The summed E-state index contributed by atoms with van der Waals surface area (Å²) in [5.74, 6) is 0.211. The van der Waals surface area contributed by atoms with Crippen LogP contribution in [0, 0.1) is 11.7 Å². The first-order valence-electron chi connectivity index (χ1n) is 7.32. The molecule has 3 rings (SSSR count). The summed E-state index contributed by atoms with van der Waals surface area (Å²) in [4.78, 5) is 5.52. The Morgan fingerprint density at radius 2 is 1.76 bits per heavy atom. The second kappa shape index (κ2) is 6.53. The number of rotatable bonds is 5. The molecule has 0 N–H and O–H groups in total. The molecule has 0 aliphatic heterocycles. The van der Waals surface area contributed by atoms with Gasteiger partial charge in [0.1, 0.15) is 12.4 Å². The average Bonchev–Trinajstić information content (AvgIpc) is 2.46. The minimum absolute atomic E-state index is 0.225. The van der Waals surface area contributed by atoms with Crippen LogP contribution in [0.4, 0.5) is 4.39 Å². The molecule has 0 aromatic heterocycles. The van der Waals surface area contributed by atoms with Gasteiger partial charge in [-0.3, -0.25) is 0 Å². The van der Waals surface area contributed by atoms with Crippen molar-refractivity contribution >= 4 is 5.71 Å². The molecule has 2 aromatic carbocycles. The highest BCUT2D eigenvalue weighted by Gasteiger charge is 2.25. The van der Waals surface area contributed by atoms with Crippen molar-refractivity contribution in [3.8, 4) is 0 Å². The molecule has 21 heavy (non-hydrogen) atoms. The van der Waals surface area contributed by atoms with Crippen molar-refractivity contribution < 1.29 is 9.23 Å². The molecule has 2 aromatic rings. The molecule has 0 unspecified atom stereocenters. The number of oxime groups is 1. The molecule has 108 valence electrons. The molecule has 0 saturated heterocycles. The summed E-state index contributed by atoms with van der Waals surface area (Å²) in [5, 5.41) is 4.34. The van der Waals surface area contributed by atoms with Crippen LogP contribution >= 0.6 is 0 Å². The fraction of sp³-hybridized carbons (Fsp3) is 0.278. The van der Waals surface area contributed by atoms with Gasteiger partial charge in [0.2, 0.25) is 0 Å². The second-order valence-corrected chi connectivity index (χ2v) is 5.37. The van der Waals surface area contributed by atoms with Gasteiger partial charge in [0.25, 0.3) is 0 Å². The van der Waals surface area contributed by atoms with E-state index in [0.29, 0.717) is 12.5 Å². The maximum atomic E-state index is 13.0. The lowest BCUT2D eigenvalue weighted by Crippen LogP contribution is -2.23. The Hall–Kier alpha value is -2.16. The molecular weight excluding hydrogens is 265 g/mol. The van der Waals surface area contributed by atoms with Crippen molar-refractivity contribution in [2.45, 2.75) is 25.9 Å². The Morgan fingerprint density at radius 1 is 1.05 bits per heavy atom. The van der Waals surface area contributed by atoms with Gasteiger partial charge in [-0.1, -0.05) is 54.0 Å². The lowest BCUT2D eigenvalue weighted by molar-refractivity contribution is 0.128. The number of hydrogen-bond donors (Lipinski definition) is 0.